The van der Waals surface area contributed by atoms with Crippen LogP contribution in [0, 0.1) is 6.92 Å². The molecule has 0 saturated carbocycles. The minimum atomic E-state index is -0.906. The molecule has 1 heterocycles. The van der Waals surface area contributed by atoms with E-state index in [2.05, 4.69) is 10.5 Å². The zero-order valence-corrected chi connectivity index (χ0v) is 20.0. The lowest BCUT2D eigenvalue weighted by molar-refractivity contribution is -0.136. The van der Waals surface area contributed by atoms with Crippen LogP contribution in [0.15, 0.2) is 95.4 Å². The third kappa shape index (κ3) is 7.07. The van der Waals surface area contributed by atoms with Gasteiger partial charge in [0.2, 0.25) is 5.89 Å². The van der Waals surface area contributed by atoms with Crippen LogP contribution >= 0.6 is 0 Å². The Morgan fingerprint density at radius 3 is 2.39 bits per heavy atom. The number of oxazole rings is 1. The maximum Gasteiger partial charge on any atom is 0.307 e. The number of benzene rings is 3. The minimum Gasteiger partial charge on any atom is -0.493 e. The van der Waals surface area contributed by atoms with Gasteiger partial charge in [0.15, 0.2) is 0 Å². The number of aliphatic carboxylic acids is 1. The standard InChI is InChI=1S/C29H28N2O5/c1-21-26(30-29(36-21)24-10-6-3-7-11-24)18-19-34-25-14-12-22(13-15-25)20-35-31-27(16-17-28(32)33)23-8-4-2-5-9-23/h2-16,31H,17-20H2,1H3,(H,32,33). The summed E-state index contributed by atoms with van der Waals surface area (Å²) in [5.41, 5.74) is 7.11. The van der Waals surface area contributed by atoms with Gasteiger partial charge in [-0.3, -0.25) is 15.1 Å². The van der Waals surface area contributed by atoms with Crippen LogP contribution in [0.4, 0.5) is 0 Å². The molecule has 0 aliphatic carbocycles. The Balaban J connectivity index is 1.25. The smallest absolute Gasteiger partial charge is 0.307 e. The number of nitrogens with zero attached hydrogens (tertiary/aromatic N) is 1. The van der Waals surface area contributed by atoms with Crippen molar-refractivity contribution in [3.8, 4) is 17.2 Å². The van der Waals surface area contributed by atoms with Gasteiger partial charge in [-0.1, -0.05) is 60.7 Å². The van der Waals surface area contributed by atoms with Crippen molar-refractivity contribution < 1.29 is 23.9 Å². The van der Waals surface area contributed by atoms with Crippen molar-refractivity contribution in [1.82, 2.24) is 10.5 Å². The highest BCUT2D eigenvalue weighted by Gasteiger charge is 2.11. The van der Waals surface area contributed by atoms with E-state index in [4.69, 9.17) is 19.1 Å². The summed E-state index contributed by atoms with van der Waals surface area (Å²) < 4.78 is 11.7. The molecule has 1 aromatic heterocycles. The summed E-state index contributed by atoms with van der Waals surface area (Å²) in [6.07, 6.45) is 2.13. The molecule has 0 aliphatic heterocycles. The lowest BCUT2D eigenvalue weighted by Crippen LogP contribution is -2.13. The van der Waals surface area contributed by atoms with Crippen LogP contribution in [0.1, 0.15) is 29.0 Å². The summed E-state index contributed by atoms with van der Waals surface area (Å²) in [6, 6.07) is 26.9. The monoisotopic (exact) mass is 484 g/mol. The Morgan fingerprint density at radius 1 is 1.00 bits per heavy atom. The largest absolute Gasteiger partial charge is 0.493 e. The Bertz CT molecular complexity index is 1280. The van der Waals surface area contributed by atoms with Gasteiger partial charge in [0, 0.05) is 12.0 Å². The molecule has 4 aromatic rings. The highest BCUT2D eigenvalue weighted by atomic mass is 16.6. The number of carboxylic acid groups (broad SMARTS) is 1. The Labute approximate surface area is 210 Å². The number of aryl methyl sites for hydroxylation is 1. The molecule has 0 fully saturated rings. The second-order valence-electron chi connectivity index (χ2n) is 8.10. The van der Waals surface area contributed by atoms with Gasteiger partial charge < -0.3 is 14.3 Å². The predicted octanol–water partition coefficient (Wildman–Crippen LogP) is 5.81. The van der Waals surface area contributed by atoms with Gasteiger partial charge in [-0.2, -0.15) is 0 Å². The molecule has 0 radical (unpaired) electrons. The summed E-state index contributed by atoms with van der Waals surface area (Å²) in [4.78, 5) is 21.2. The quantitative estimate of drug-likeness (QED) is 0.245. The minimum absolute atomic E-state index is 0.103. The fraction of sp³-hybridized carbons (Fsp3) is 0.172. The molecule has 36 heavy (non-hydrogen) atoms. The van der Waals surface area contributed by atoms with Crippen LogP contribution < -0.4 is 10.2 Å². The van der Waals surface area contributed by atoms with E-state index in [1.54, 1.807) is 6.08 Å². The van der Waals surface area contributed by atoms with E-state index in [1.807, 2.05) is 91.9 Å². The van der Waals surface area contributed by atoms with Gasteiger partial charge in [0.05, 0.1) is 31.0 Å². The number of carbonyl (C=O) groups is 1. The Hall–Kier alpha value is -4.36. The van der Waals surface area contributed by atoms with E-state index >= 15 is 0 Å². The maximum absolute atomic E-state index is 11.0. The highest BCUT2D eigenvalue weighted by molar-refractivity contribution is 5.73. The summed E-state index contributed by atoms with van der Waals surface area (Å²) >= 11 is 0. The molecular formula is C29H28N2O5. The third-order valence-corrected chi connectivity index (χ3v) is 5.43. The van der Waals surface area contributed by atoms with Crippen molar-refractivity contribution >= 4 is 11.7 Å². The van der Waals surface area contributed by atoms with Crippen LogP contribution in [0.3, 0.4) is 0 Å². The number of hydrogen-bond acceptors (Lipinski definition) is 6. The van der Waals surface area contributed by atoms with E-state index < -0.39 is 5.97 Å². The first-order valence-corrected chi connectivity index (χ1v) is 11.7. The SMILES string of the molecule is Cc1oc(-c2ccccc2)nc1CCOc1ccc(CONC(=CCC(=O)O)c2ccccc2)cc1. The fourth-order valence-electron chi connectivity index (χ4n) is 3.53. The van der Waals surface area contributed by atoms with Crippen LogP contribution in [0.2, 0.25) is 0 Å². The molecule has 0 unspecified atom stereocenters. The van der Waals surface area contributed by atoms with Gasteiger partial charge in [-0.25, -0.2) is 4.98 Å². The lowest BCUT2D eigenvalue weighted by atomic mass is 10.1. The molecule has 0 saturated heterocycles. The van der Waals surface area contributed by atoms with Gasteiger partial charge in [0.25, 0.3) is 0 Å². The molecule has 0 atom stereocenters. The van der Waals surface area contributed by atoms with Crippen molar-refractivity contribution in [1.29, 1.82) is 0 Å². The van der Waals surface area contributed by atoms with Crippen molar-refractivity contribution in [2.45, 2.75) is 26.4 Å². The highest BCUT2D eigenvalue weighted by Crippen LogP contribution is 2.22. The average Bonchev–Trinajstić information content (AvgIpc) is 3.28. The molecule has 0 spiro atoms. The van der Waals surface area contributed by atoms with Gasteiger partial charge in [-0.05, 0) is 48.4 Å². The first-order chi connectivity index (χ1) is 17.6. The van der Waals surface area contributed by atoms with E-state index in [9.17, 15) is 4.79 Å². The van der Waals surface area contributed by atoms with Gasteiger partial charge in [-0.15, -0.1) is 0 Å². The zero-order chi connectivity index (χ0) is 25.2. The van der Waals surface area contributed by atoms with Gasteiger partial charge >= 0.3 is 5.97 Å². The third-order valence-electron chi connectivity index (χ3n) is 5.43. The van der Waals surface area contributed by atoms with Crippen LogP contribution in [0.5, 0.6) is 5.75 Å². The molecule has 7 nitrogen and oxygen atoms in total. The molecule has 2 N–H and O–H groups in total. The average molecular weight is 485 g/mol. The lowest BCUT2D eigenvalue weighted by Gasteiger charge is -2.12. The molecule has 7 heteroatoms. The Morgan fingerprint density at radius 2 is 1.69 bits per heavy atom. The second-order valence-corrected chi connectivity index (χ2v) is 8.10. The number of aromatic nitrogens is 1. The van der Waals surface area contributed by atoms with Crippen molar-refractivity contribution in [3.63, 3.8) is 0 Å². The van der Waals surface area contributed by atoms with Crippen LogP contribution in [-0.2, 0) is 22.7 Å². The van der Waals surface area contributed by atoms with E-state index in [-0.39, 0.29) is 6.42 Å². The molecular weight excluding hydrogens is 456 g/mol. The van der Waals surface area contributed by atoms with E-state index in [0.717, 1.165) is 33.9 Å². The summed E-state index contributed by atoms with van der Waals surface area (Å²) in [5.74, 6) is 1.26. The van der Waals surface area contributed by atoms with Crippen molar-refractivity contribution in [2.75, 3.05) is 6.61 Å². The molecule has 0 aliphatic rings. The molecule has 184 valence electrons. The molecule has 4 rings (SSSR count). The van der Waals surface area contributed by atoms with Gasteiger partial charge in [0.1, 0.15) is 11.5 Å². The summed E-state index contributed by atoms with van der Waals surface area (Å²) in [5, 5.41) is 8.99. The number of nitrogens with one attached hydrogen (secondary N) is 1. The number of ether oxygens (including phenoxy) is 1. The summed E-state index contributed by atoms with van der Waals surface area (Å²) in [7, 11) is 0. The normalized spacial score (nSPS) is 11.3. The predicted molar refractivity (Wildman–Crippen MR) is 137 cm³/mol. The van der Waals surface area contributed by atoms with E-state index in [1.165, 1.54) is 0 Å². The van der Waals surface area contributed by atoms with E-state index in [0.29, 0.717) is 31.2 Å². The van der Waals surface area contributed by atoms with Crippen molar-refractivity contribution in [2.24, 2.45) is 0 Å². The first kappa shape index (κ1) is 24.8. The number of carboxylic acids is 1. The first-order valence-electron chi connectivity index (χ1n) is 11.7. The molecule has 0 bridgehead atoms. The maximum atomic E-state index is 11.0. The van der Waals surface area contributed by atoms with Crippen molar-refractivity contribution in [3.05, 3.63) is 114 Å². The van der Waals surface area contributed by atoms with Crippen LogP contribution in [-0.4, -0.2) is 22.7 Å². The second kappa shape index (κ2) is 12.4. The molecule has 3 aromatic carbocycles. The zero-order valence-electron chi connectivity index (χ0n) is 20.0. The summed E-state index contributed by atoms with van der Waals surface area (Å²) in [6.45, 7) is 2.70. The number of hydrogen-bond donors (Lipinski definition) is 2. The number of hydroxylamine groups is 1. The topological polar surface area (TPSA) is 93.8 Å². The fourth-order valence-corrected chi connectivity index (χ4v) is 3.53. The molecule has 0 amide bonds. The van der Waals surface area contributed by atoms with Crippen LogP contribution in [0.25, 0.3) is 17.2 Å². The number of rotatable bonds is 12. The Kier molecular flexibility index (Phi) is 8.51.